The van der Waals surface area contributed by atoms with E-state index >= 15 is 0 Å². The summed E-state index contributed by atoms with van der Waals surface area (Å²) in [4.78, 5) is 11.9. The van der Waals surface area contributed by atoms with Gasteiger partial charge < -0.3 is 15.4 Å². The van der Waals surface area contributed by atoms with Gasteiger partial charge in [0.25, 0.3) is 0 Å². The Morgan fingerprint density at radius 1 is 1.33 bits per heavy atom. The summed E-state index contributed by atoms with van der Waals surface area (Å²) in [5, 5.41) is 6.49. The van der Waals surface area contributed by atoms with Crippen molar-refractivity contribution in [3.8, 4) is 5.75 Å². The van der Waals surface area contributed by atoms with Crippen LogP contribution in [0.3, 0.4) is 0 Å². The van der Waals surface area contributed by atoms with Gasteiger partial charge in [-0.2, -0.15) is 0 Å². The number of fused-ring (bicyclic) bond motifs is 1. The Bertz CT molecular complexity index is 494. The van der Waals surface area contributed by atoms with Gasteiger partial charge in [-0.1, -0.05) is 25.1 Å². The molecule has 0 saturated carbocycles. The predicted molar refractivity (Wildman–Crippen MR) is 84.4 cm³/mol. The molecule has 0 aliphatic carbocycles. The van der Waals surface area contributed by atoms with E-state index in [9.17, 15) is 4.79 Å². The lowest BCUT2D eigenvalue weighted by Gasteiger charge is -2.32. The molecular weight excluding hydrogens is 264 g/mol. The molecule has 1 aromatic carbocycles. The average molecular weight is 290 g/mol. The van der Waals surface area contributed by atoms with E-state index in [4.69, 9.17) is 4.74 Å². The van der Waals surface area contributed by atoms with E-state index in [0.29, 0.717) is 25.5 Å². The molecule has 116 valence electrons. The van der Waals surface area contributed by atoms with Crippen LogP contribution in [0, 0.1) is 5.92 Å². The van der Waals surface area contributed by atoms with Crippen LogP contribution in [0.25, 0.3) is 0 Å². The third-order valence-corrected chi connectivity index (χ3v) is 3.56. The van der Waals surface area contributed by atoms with Gasteiger partial charge in [0, 0.05) is 36.0 Å². The van der Waals surface area contributed by atoms with E-state index in [2.05, 4.69) is 23.6 Å². The van der Waals surface area contributed by atoms with Crippen LogP contribution >= 0.6 is 0 Å². The highest BCUT2D eigenvalue weighted by molar-refractivity contribution is 5.76. The van der Waals surface area contributed by atoms with Crippen LogP contribution in [0.1, 0.15) is 45.7 Å². The average Bonchev–Trinajstić information content (AvgIpc) is 2.39. The second kappa shape index (κ2) is 6.48. The quantitative estimate of drug-likeness (QED) is 0.896. The van der Waals surface area contributed by atoms with Gasteiger partial charge in [0.05, 0.1) is 6.61 Å². The Morgan fingerprint density at radius 3 is 2.76 bits per heavy atom. The monoisotopic (exact) mass is 290 g/mol. The molecule has 0 fully saturated rings. The second-order valence-corrected chi connectivity index (χ2v) is 6.81. The van der Waals surface area contributed by atoms with Gasteiger partial charge in [-0.3, -0.25) is 4.79 Å². The first-order valence-electron chi connectivity index (χ1n) is 7.63. The van der Waals surface area contributed by atoms with E-state index < -0.39 is 0 Å². The number of nitrogens with one attached hydrogen (secondary N) is 2. The van der Waals surface area contributed by atoms with Gasteiger partial charge >= 0.3 is 0 Å². The van der Waals surface area contributed by atoms with Gasteiger partial charge in [-0.25, -0.2) is 0 Å². The zero-order chi connectivity index (χ0) is 15.5. The van der Waals surface area contributed by atoms with Gasteiger partial charge in [0.2, 0.25) is 5.91 Å². The van der Waals surface area contributed by atoms with Crippen molar-refractivity contribution in [2.45, 2.75) is 45.7 Å². The number of benzene rings is 1. The van der Waals surface area contributed by atoms with Gasteiger partial charge in [0.1, 0.15) is 5.75 Å². The zero-order valence-corrected chi connectivity index (χ0v) is 13.4. The third-order valence-electron chi connectivity index (χ3n) is 3.56. The van der Waals surface area contributed by atoms with Crippen LogP contribution in [0.5, 0.6) is 5.75 Å². The van der Waals surface area contributed by atoms with Crippen molar-refractivity contribution in [3.63, 3.8) is 0 Å². The lowest BCUT2D eigenvalue weighted by Crippen LogP contribution is -2.42. The highest BCUT2D eigenvalue weighted by atomic mass is 16.5. The van der Waals surface area contributed by atoms with E-state index in [0.717, 1.165) is 5.75 Å². The summed E-state index contributed by atoms with van der Waals surface area (Å²) >= 11 is 0. The maximum absolute atomic E-state index is 11.9. The van der Waals surface area contributed by atoms with Crippen LogP contribution in [-0.2, 0) is 4.79 Å². The molecule has 1 aliphatic heterocycles. The van der Waals surface area contributed by atoms with Crippen molar-refractivity contribution in [2.75, 3.05) is 13.2 Å². The summed E-state index contributed by atoms with van der Waals surface area (Å²) in [6.07, 6.45) is 0.490. The maximum atomic E-state index is 11.9. The zero-order valence-electron chi connectivity index (χ0n) is 13.4. The molecule has 0 bridgehead atoms. The minimum absolute atomic E-state index is 0.0861. The van der Waals surface area contributed by atoms with Crippen LogP contribution in [-0.4, -0.2) is 24.6 Å². The number of carbonyl (C=O) groups excluding carboxylic acids is 1. The smallest absolute Gasteiger partial charge is 0.221 e. The predicted octanol–water partition coefficient (Wildman–Crippen LogP) is 2.65. The van der Waals surface area contributed by atoms with Crippen molar-refractivity contribution in [2.24, 2.45) is 5.92 Å². The second-order valence-electron chi connectivity index (χ2n) is 6.81. The van der Waals surface area contributed by atoms with Crippen LogP contribution in [0.4, 0.5) is 0 Å². The molecular formula is C17H26N2O2. The maximum Gasteiger partial charge on any atom is 0.221 e. The number of ether oxygens (including phenoxy) is 1. The molecule has 0 aromatic heterocycles. The summed E-state index contributed by atoms with van der Waals surface area (Å²) in [7, 11) is 0. The summed E-state index contributed by atoms with van der Waals surface area (Å²) < 4.78 is 5.74. The first-order valence-corrected chi connectivity index (χ1v) is 7.63. The summed E-state index contributed by atoms with van der Waals surface area (Å²) in [6, 6.07) is 8.36. The number of carbonyl (C=O) groups is 1. The molecule has 1 aromatic rings. The molecule has 4 heteroatoms. The van der Waals surface area contributed by atoms with Gasteiger partial charge in [-0.05, 0) is 26.8 Å². The number of hydrogen-bond acceptors (Lipinski definition) is 3. The van der Waals surface area contributed by atoms with Crippen molar-refractivity contribution in [1.29, 1.82) is 0 Å². The molecule has 1 heterocycles. The molecule has 0 saturated heterocycles. The lowest BCUT2D eigenvalue weighted by molar-refractivity contribution is -0.122. The Balaban J connectivity index is 1.90. The summed E-state index contributed by atoms with van der Waals surface area (Å²) in [5.74, 6) is 1.43. The number of rotatable bonds is 4. The highest BCUT2D eigenvalue weighted by Gasteiger charge is 2.27. The summed E-state index contributed by atoms with van der Waals surface area (Å²) in [6.45, 7) is 9.54. The first kappa shape index (κ1) is 15.8. The minimum atomic E-state index is -0.171. The van der Waals surface area contributed by atoms with Gasteiger partial charge in [0.15, 0.2) is 0 Å². The Kier molecular flexibility index (Phi) is 4.88. The largest absolute Gasteiger partial charge is 0.493 e. The van der Waals surface area contributed by atoms with E-state index in [1.165, 1.54) is 5.56 Å². The molecule has 0 radical (unpaired) electrons. The van der Waals surface area contributed by atoms with Crippen molar-refractivity contribution in [1.82, 2.24) is 10.6 Å². The SMILES string of the molecule is CC1COc2ccccc2C1NCCC(=O)NC(C)(C)C. The van der Waals surface area contributed by atoms with Crippen LogP contribution in [0.2, 0.25) is 0 Å². The third kappa shape index (κ3) is 4.46. The first-order chi connectivity index (χ1) is 9.87. The van der Waals surface area contributed by atoms with Crippen LogP contribution < -0.4 is 15.4 Å². The summed E-state index contributed by atoms with van der Waals surface area (Å²) in [5.41, 5.74) is 1.02. The standard InChI is InChI=1S/C17H26N2O2/c1-12-11-21-14-8-6-5-7-13(14)16(12)18-10-9-15(20)19-17(2,3)4/h5-8,12,16,18H,9-11H2,1-4H3,(H,19,20). The van der Waals surface area contributed by atoms with Crippen molar-refractivity contribution >= 4 is 5.91 Å². The van der Waals surface area contributed by atoms with E-state index in [1.54, 1.807) is 0 Å². The molecule has 2 rings (SSSR count). The van der Waals surface area contributed by atoms with Crippen molar-refractivity contribution < 1.29 is 9.53 Å². The van der Waals surface area contributed by atoms with Crippen LogP contribution in [0.15, 0.2) is 24.3 Å². The Labute approximate surface area is 127 Å². The molecule has 2 N–H and O–H groups in total. The fraction of sp³-hybridized carbons (Fsp3) is 0.588. The fourth-order valence-electron chi connectivity index (χ4n) is 2.63. The van der Waals surface area contributed by atoms with E-state index in [-0.39, 0.29) is 17.5 Å². The number of amides is 1. The topological polar surface area (TPSA) is 50.4 Å². The van der Waals surface area contributed by atoms with Crippen molar-refractivity contribution in [3.05, 3.63) is 29.8 Å². The molecule has 2 atom stereocenters. The molecule has 4 nitrogen and oxygen atoms in total. The Morgan fingerprint density at radius 2 is 2.05 bits per heavy atom. The molecule has 1 aliphatic rings. The normalized spacial score (nSPS) is 21.3. The number of hydrogen-bond donors (Lipinski definition) is 2. The highest BCUT2D eigenvalue weighted by Crippen LogP contribution is 2.34. The molecule has 2 unspecified atom stereocenters. The molecule has 0 spiro atoms. The molecule has 21 heavy (non-hydrogen) atoms. The molecule has 1 amide bonds. The van der Waals surface area contributed by atoms with Gasteiger partial charge in [-0.15, -0.1) is 0 Å². The lowest BCUT2D eigenvalue weighted by atomic mass is 9.92. The minimum Gasteiger partial charge on any atom is -0.493 e. The van der Waals surface area contributed by atoms with E-state index in [1.807, 2.05) is 39.0 Å². The Hall–Kier alpha value is -1.55. The fourth-order valence-corrected chi connectivity index (χ4v) is 2.63. The number of para-hydroxylation sites is 1.